The van der Waals surface area contributed by atoms with Crippen LogP contribution in [0.1, 0.15) is 12.0 Å². The second-order valence-electron chi connectivity index (χ2n) is 4.08. The number of benzene rings is 2. The summed E-state index contributed by atoms with van der Waals surface area (Å²) in [5, 5.41) is 12.0. The van der Waals surface area contributed by atoms with Crippen molar-refractivity contribution < 1.29 is 9.90 Å². The van der Waals surface area contributed by atoms with Crippen molar-refractivity contribution in [2.45, 2.75) is 12.8 Å². The predicted octanol–water partition coefficient (Wildman–Crippen LogP) is 2.96. The summed E-state index contributed by atoms with van der Waals surface area (Å²) in [5.41, 5.74) is 1.85. The number of hydrogen-bond acceptors (Lipinski definition) is 2. The van der Waals surface area contributed by atoms with Crippen molar-refractivity contribution in [2.24, 2.45) is 0 Å². The fraction of sp³-hybridized carbons (Fsp3) is 0.133. The van der Waals surface area contributed by atoms with E-state index in [9.17, 15) is 4.79 Å². The predicted molar refractivity (Wildman–Crippen MR) is 71.5 cm³/mol. The van der Waals surface area contributed by atoms with E-state index in [0.717, 1.165) is 11.3 Å². The molecule has 0 unspecified atom stereocenters. The largest absolute Gasteiger partial charge is 0.508 e. The molecule has 0 spiro atoms. The first-order valence-corrected chi connectivity index (χ1v) is 5.87. The van der Waals surface area contributed by atoms with E-state index < -0.39 is 0 Å². The van der Waals surface area contributed by atoms with Gasteiger partial charge in [0.15, 0.2) is 0 Å². The molecule has 3 heteroatoms. The van der Waals surface area contributed by atoms with E-state index in [1.165, 1.54) is 0 Å². The second kappa shape index (κ2) is 5.87. The van der Waals surface area contributed by atoms with Gasteiger partial charge in [0.2, 0.25) is 5.91 Å². The van der Waals surface area contributed by atoms with Crippen LogP contribution in [0.4, 0.5) is 5.69 Å². The Hall–Kier alpha value is -2.29. The fourth-order valence-electron chi connectivity index (χ4n) is 1.67. The number of amides is 1. The van der Waals surface area contributed by atoms with E-state index in [1.807, 2.05) is 42.5 Å². The van der Waals surface area contributed by atoms with Gasteiger partial charge in [0.05, 0.1) is 0 Å². The number of nitrogens with one attached hydrogen (secondary N) is 1. The van der Waals surface area contributed by atoms with Crippen LogP contribution >= 0.6 is 0 Å². The highest BCUT2D eigenvalue weighted by Crippen LogP contribution is 2.12. The van der Waals surface area contributed by atoms with E-state index in [1.54, 1.807) is 12.1 Å². The first-order chi connectivity index (χ1) is 8.74. The molecule has 0 aliphatic heterocycles. The van der Waals surface area contributed by atoms with Gasteiger partial charge in [-0.05, 0) is 36.2 Å². The highest BCUT2D eigenvalue weighted by atomic mass is 16.3. The Morgan fingerprint density at radius 3 is 2.33 bits per heavy atom. The van der Waals surface area contributed by atoms with Crippen LogP contribution in [-0.2, 0) is 11.2 Å². The van der Waals surface area contributed by atoms with E-state index in [0.29, 0.717) is 12.8 Å². The summed E-state index contributed by atoms with van der Waals surface area (Å²) in [5.74, 6) is 0.238. The summed E-state index contributed by atoms with van der Waals surface area (Å²) in [7, 11) is 0. The highest BCUT2D eigenvalue weighted by Gasteiger charge is 2.02. The normalized spacial score (nSPS) is 10.0. The molecular formula is C15H15NO2. The van der Waals surface area contributed by atoms with Crippen molar-refractivity contribution in [1.82, 2.24) is 0 Å². The van der Waals surface area contributed by atoms with Crippen LogP contribution in [0.5, 0.6) is 5.75 Å². The van der Waals surface area contributed by atoms with Crippen molar-refractivity contribution >= 4 is 11.6 Å². The molecule has 1 amide bonds. The fourth-order valence-corrected chi connectivity index (χ4v) is 1.67. The van der Waals surface area contributed by atoms with Gasteiger partial charge in [-0.25, -0.2) is 0 Å². The molecule has 0 radical (unpaired) electrons. The van der Waals surface area contributed by atoms with E-state index in [2.05, 4.69) is 5.32 Å². The molecule has 2 rings (SSSR count). The number of aryl methyl sites for hydroxylation is 1. The molecule has 0 aliphatic carbocycles. The van der Waals surface area contributed by atoms with Gasteiger partial charge in [0.1, 0.15) is 5.75 Å². The summed E-state index contributed by atoms with van der Waals surface area (Å²) in [4.78, 5) is 11.7. The number of carbonyl (C=O) groups is 1. The first-order valence-electron chi connectivity index (χ1n) is 5.87. The lowest BCUT2D eigenvalue weighted by molar-refractivity contribution is -0.116. The van der Waals surface area contributed by atoms with Crippen molar-refractivity contribution in [1.29, 1.82) is 0 Å². The van der Waals surface area contributed by atoms with Crippen molar-refractivity contribution in [3.63, 3.8) is 0 Å². The molecule has 3 nitrogen and oxygen atoms in total. The molecule has 0 fully saturated rings. The Bertz CT molecular complexity index is 506. The number of phenols is 1. The molecule has 0 bridgehead atoms. The van der Waals surface area contributed by atoms with Crippen LogP contribution in [0.3, 0.4) is 0 Å². The SMILES string of the molecule is O=C(CCc1ccc(O)cc1)Nc1ccccc1. The third-order valence-corrected chi connectivity index (χ3v) is 2.63. The number of anilines is 1. The van der Waals surface area contributed by atoms with Crippen LogP contribution < -0.4 is 5.32 Å². The van der Waals surface area contributed by atoms with Crippen LogP contribution in [0.2, 0.25) is 0 Å². The lowest BCUT2D eigenvalue weighted by atomic mass is 10.1. The molecule has 92 valence electrons. The third-order valence-electron chi connectivity index (χ3n) is 2.63. The molecule has 2 N–H and O–H groups in total. The average Bonchev–Trinajstić information content (AvgIpc) is 2.39. The quantitative estimate of drug-likeness (QED) is 0.864. The number of carbonyl (C=O) groups excluding carboxylic acids is 1. The molecule has 2 aromatic rings. The summed E-state index contributed by atoms with van der Waals surface area (Å²) in [6, 6.07) is 16.3. The van der Waals surface area contributed by atoms with Crippen LogP contribution in [-0.4, -0.2) is 11.0 Å². The van der Waals surface area contributed by atoms with Gasteiger partial charge in [-0.15, -0.1) is 0 Å². The van der Waals surface area contributed by atoms with Gasteiger partial charge >= 0.3 is 0 Å². The number of rotatable bonds is 4. The van der Waals surface area contributed by atoms with E-state index in [4.69, 9.17) is 5.11 Å². The zero-order chi connectivity index (χ0) is 12.8. The lowest BCUT2D eigenvalue weighted by Gasteiger charge is -2.05. The van der Waals surface area contributed by atoms with Crippen molar-refractivity contribution in [2.75, 3.05) is 5.32 Å². The standard InChI is InChI=1S/C15H15NO2/c17-14-9-6-12(7-10-14)8-11-15(18)16-13-4-2-1-3-5-13/h1-7,9-10,17H,8,11H2,(H,16,18). The van der Waals surface area contributed by atoms with Crippen molar-refractivity contribution in [3.05, 3.63) is 60.2 Å². The van der Waals surface area contributed by atoms with Gasteiger partial charge in [-0.1, -0.05) is 30.3 Å². The Labute approximate surface area is 106 Å². The molecular weight excluding hydrogens is 226 g/mol. The molecule has 0 saturated heterocycles. The molecule has 0 atom stereocenters. The summed E-state index contributed by atoms with van der Waals surface area (Å²) < 4.78 is 0. The molecule has 0 aliphatic rings. The third kappa shape index (κ3) is 3.63. The minimum atomic E-state index is -0.00530. The topological polar surface area (TPSA) is 49.3 Å². The average molecular weight is 241 g/mol. The van der Waals surface area contributed by atoms with Gasteiger partial charge in [-0.2, -0.15) is 0 Å². The van der Waals surface area contributed by atoms with Crippen molar-refractivity contribution in [3.8, 4) is 5.75 Å². The molecule has 2 aromatic carbocycles. The summed E-state index contributed by atoms with van der Waals surface area (Å²) in [6.07, 6.45) is 1.10. The highest BCUT2D eigenvalue weighted by molar-refractivity contribution is 5.90. The Balaban J connectivity index is 1.83. The Morgan fingerprint density at radius 1 is 1.00 bits per heavy atom. The van der Waals surface area contributed by atoms with E-state index in [-0.39, 0.29) is 11.7 Å². The maximum atomic E-state index is 11.7. The zero-order valence-corrected chi connectivity index (χ0v) is 9.97. The number of hydrogen-bond donors (Lipinski definition) is 2. The maximum absolute atomic E-state index is 11.7. The molecule has 18 heavy (non-hydrogen) atoms. The smallest absolute Gasteiger partial charge is 0.224 e. The van der Waals surface area contributed by atoms with Crippen LogP contribution in [0.15, 0.2) is 54.6 Å². The molecule has 0 aromatic heterocycles. The van der Waals surface area contributed by atoms with Gasteiger partial charge in [0, 0.05) is 12.1 Å². The van der Waals surface area contributed by atoms with E-state index >= 15 is 0 Å². The Kier molecular flexibility index (Phi) is 3.97. The molecule has 0 heterocycles. The maximum Gasteiger partial charge on any atom is 0.224 e. The number of phenolic OH excluding ortho intramolecular Hbond substituents is 1. The molecule has 0 saturated carbocycles. The summed E-state index contributed by atoms with van der Waals surface area (Å²) >= 11 is 0. The van der Waals surface area contributed by atoms with Crippen LogP contribution in [0, 0.1) is 0 Å². The van der Waals surface area contributed by atoms with Gasteiger partial charge < -0.3 is 10.4 Å². The van der Waals surface area contributed by atoms with Gasteiger partial charge in [-0.3, -0.25) is 4.79 Å². The monoisotopic (exact) mass is 241 g/mol. The first kappa shape index (κ1) is 12.2. The number of aromatic hydroxyl groups is 1. The zero-order valence-electron chi connectivity index (χ0n) is 9.97. The lowest BCUT2D eigenvalue weighted by Crippen LogP contribution is -2.12. The number of para-hydroxylation sites is 1. The summed E-state index contributed by atoms with van der Waals surface area (Å²) in [6.45, 7) is 0. The Morgan fingerprint density at radius 2 is 1.67 bits per heavy atom. The van der Waals surface area contributed by atoms with Gasteiger partial charge in [0.25, 0.3) is 0 Å². The van der Waals surface area contributed by atoms with Crippen LogP contribution in [0.25, 0.3) is 0 Å². The second-order valence-corrected chi connectivity index (χ2v) is 4.08. The minimum Gasteiger partial charge on any atom is -0.508 e. The minimum absolute atomic E-state index is 0.00530.